The molecule has 2 unspecified atom stereocenters. The molecule has 3 saturated heterocycles. The van der Waals surface area contributed by atoms with Crippen LogP contribution < -0.4 is 14.5 Å². The van der Waals surface area contributed by atoms with Crippen molar-refractivity contribution in [3.05, 3.63) is 60.4 Å². The van der Waals surface area contributed by atoms with Crippen molar-refractivity contribution >= 4 is 39.5 Å². The zero-order chi connectivity index (χ0) is 34.1. The van der Waals surface area contributed by atoms with Crippen molar-refractivity contribution in [1.29, 1.82) is 0 Å². The molecule has 3 aliphatic rings. The fourth-order valence-electron chi connectivity index (χ4n) is 6.73. The number of aryl methyl sites for hydroxylation is 1. The minimum Gasteiger partial charge on any atom is -0.480 e. The van der Waals surface area contributed by atoms with Crippen molar-refractivity contribution in [2.75, 3.05) is 42.7 Å². The molecule has 0 radical (unpaired) electrons. The van der Waals surface area contributed by atoms with Gasteiger partial charge in [-0.25, -0.2) is 19.7 Å². The summed E-state index contributed by atoms with van der Waals surface area (Å²) >= 11 is 0. The Balaban J connectivity index is 1.18. The topological polar surface area (TPSA) is 149 Å². The molecule has 49 heavy (non-hydrogen) atoms. The number of hydrogen-bond acceptors (Lipinski definition) is 12. The number of pyridine rings is 1. The predicted molar refractivity (Wildman–Crippen MR) is 168 cm³/mol. The highest BCUT2D eigenvalue weighted by atomic mass is 19.4. The lowest BCUT2D eigenvalue weighted by atomic mass is 9.90. The first kappa shape index (κ1) is 31.2. The Labute approximate surface area is 276 Å². The number of aliphatic carboxylic acids is 1. The maximum atomic E-state index is 14.1. The molecule has 0 saturated carbocycles. The fraction of sp³-hybridized carbons (Fsp3) is 0.394. The van der Waals surface area contributed by atoms with Crippen LogP contribution in [-0.4, -0.2) is 92.7 Å². The third-order valence-electron chi connectivity index (χ3n) is 9.42. The summed E-state index contributed by atoms with van der Waals surface area (Å²) in [5.74, 6) is -2.69. The van der Waals surface area contributed by atoms with Gasteiger partial charge in [-0.3, -0.25) is 9.97 Å². The molecule has 5 aromatic rings. The van der Waals surface area contributed by atoms with Gasteiger partial charge in [0, 0.05) is 36.3 Å². The van der Waals surface area contributed by atoms with Crippen LogP contribution in [0.2, 0.25) is 0 Å². The highest BCUT2D eigenvalue weighted by Gasteiger charge is 2.50. The van der Waals surface area contributed by atoms with Gasteiger partial charge in [-0.05, 0) is 32.0 Å². The van der Waals surface area contributed by atoms with Crippen molar-refractivity contribution < 1.29 is 41.7 Å². The van der Waals surface area contributed by atoms with E-state index in [1.807, 2.05) is 19.9 Å². The number of rotatable bonds is 6. The van der Waals surface area contributed by atoms with E-state index in [0.29, 0.717) is 54.3 Å². The van der Waals surface area contributed by atoms with Gasteiger partial charge in [-0.2, -0.15) is 13.2 Å². The molecule has 0 bridgehead atoms. The molecular weight excluding hydrogens is 647 g/mol. The van der Waals surface area contributed by atoms with Gasteiger partial charge in [-0.15, -0.1) is 0 Å². The van der Waals surface area contributed by atoms with E-state index in [0.717, 1.165) is 5.69 Å². The van der Waals surface area contributed by atoms with Crippen LogP contribution in [0.5, 0.6) is 5.88 Å². The highest BCUT2D eigenvalue weighted by molar-refractivity contribution is 6.06. The van der Waals surface area contributed by atoms with Crippen molar-refractivity contribution in [3.63, 3.8) is 0 Å². The molecule has 1 N–H and O–H groups in total. The summed E-state index contributed by atoms with van der Waals surface area (Å²) < 4.78 is 66.3. The number of hydrogen-bond donors (Lipinski definition) is 1. The number of nitrogens with zero attached hydrogens (tertiary/aromatic N) is 7. The quantitative estimate of drug-likeness (QED) is 0.266. The Morgan fingerprint density at radius 3 is 2.61 bits per heavy atom. The third kappa shape index (κ3) is 5.35. The molecular formula is C33H30F3N7O6. The Hall–Kier alpha value is -5.09. The number of morpholine rings is 1. The molecule has 7 heterocycles. The average molecular weight is 678 g/mol. The van der Waals surface area contributed by atoms with Crippen LogP contribution in [0.3, 0.4) is 0 Å². The van der Waals surface area contributed by atoms with Gasteiger partial charge >= 0.3 is 12.1 Å². The van der Waals surface area contributed by atoms with Gasteiger partial charge in [0.15, 0.2) is 11.4 Å². The SMILES string of the molecule is Cc1cnc(-c2cnc(OC3CC(C(=O)O)N(c4nc(C(F)(F)F)nc5c4oc4ccccc45)C3)c(N3CCOC4(COC4)[C@@H]3C)c2)cn1. The van der Waals surface area contributed by atoms with Crippen molar-refractivity contribution in [1.82, 2.24) is 24.9 Å². The number of carboxylic acids is 1. The summed E-state index contributed by atoms with van der Waals surface area (Å²) in [4.78, 5) is 37.1. The summed E-state index contributed by atoms with van der Waals surface area (Å²) in [5.41, 5.74) is 2.38. The van der Waals surface area contributed by atoms with Crippen molar-refractivity contribution in [2.45, 2.75) is 50.2 Å². The number of anilines is 2. The number of alkyl halides is 3. The molecule has 3 fully saturated rings. The molecule has 0 amide bonds. The van der Waals surface area contributed by atoms with Gasteiger partial charge in [0.2, 0.25) is 11.7 Å². The standard InChI is InChI=1S/C33H30F3N7O6/c1-17-11-38-22(13-37-17)19-9-23(42-7-8-47-32(18(42)2)15-46-16-32)29(39-12-19)48-20-10-24(30(44)45)43(14-20)28-27-26(40-31(41-28)33(34,35)36)21-5-3-4-6-25(21)49-27/h3-6,9,11-13,18,20,24H,7-8,10,14-16H2,1-2H3,(H,44,45)/t18-,20?,24?/m0/s1. The number of furan rings is 1. The molecule has 1 spiro atoms. The minimum atomic E-state index is -4.89. The Morgan fingerprint density at radius 2 is 1.90 bits per heavy atom. The molecule has 0 aliphatic carbocycles. The first-order valence-corrected chi connectivity index (χ1v) is 15.7. The summed E-state index contributed by atoms with van der Waals surface area (Å²) in [6.07, 6.45) is -0.833. The summed E-state index contributed by atoms with van der Waals surface area (Å²) in [5, 5.41) is 10.6. The summed E-state index contributed by atoms with van der Waals surface area (Å²) in [6.45, 7) is 5.59. The maximum absolute atomic E-state index is 14.1. The molecule has 8 rings (SSSR count). The second-order valence-electron chi connectivity index (χ2n) is 12.5. The monoisotopic (exact) mass is 677 g/mol. The van der Waals surface area contributed by atoms with Gasteiger partial charge in [0.05, 0.1) is 50.0 Å². The fourth-order valence-corrected chi connectivity index (χ4v) is 6.73. The number of fused-ring (bicyclic) bond motifs is 3. The number of halogens is 3. The van der Waals surface area contributed by atoms with E-state index < -0.39 is 35.7 Å². The maximum Gasteiger partial charge on any atom is 0.451 e. The van der Waals surface area contributed by atoms with Crippen LogP contribution >= 0.6 is 0 Å². The Kier molecular flexibility index (Phi) is 7.33. The summed E-state index contributed by atoms with van der Waals surface area (Å²) in [7, 11) is 0. The Morgan fingerprint density at radius 1 is 1.08 bits per heavy atom. The lowest BCUT2D eigenvalue weighted by Crippen LogP contribution is -2.68. The van der Waals surface area contributed by atoms with Gasteiger partial charge in [0.1, 0.15) is 34.5 Å². The van der Waals surface area contributed by atoms with Gasteiger partial charge < -0.3 is 33.5 Å². The zero-order valence-electron chi connectivity index (χ0n) is 26.3. The number of aromatic nitrogens is 5. The normalized spacial score (nSPS) is 22.2. The summed E-state index contributed by atoms with van der Waals surface area (Å²) in [6, 6.07) is 7.02. The van der Waals surface area contributed by atoms with Crippen LogP contribution in [0, 0.1) is 6.92 Å². The first-order valence-electron chi connectivity index (χ1n) is 15.7. The van der Waals surface area contributed by atoms with E-state index in [9.17, 15) is 23.1 Å². The van der Waals surface area contributed by atoms with E-state index in [-0.39, 0.29) is 41.8 Å². The van der Waals surface area contributed by atoms with Gasteiger partial charge in [0.25, 0.3) is 0 Å². The number of para-hydroxylation sites is 1. The molecule has 16 heteroatoms. The smallest absolute Gasteiger partial charge is 0.451 e. The van der Waals surface area contributed by atoms with Crippen LogP contribution in [0.1, 0.15) is 24.9 Å². The first-order chi connectivity index (χ1) is 23.5. The van der Waals surface area contributed by atoms with E-state index in [1.54, 1.807) is 42.9 Å². The molecule has 4 aromatic heterocycles. The lowest BCUT2D eigenvalue weighted by molar-refractivity contribution is -0.228. The largest absolute Gasteiger partial charge is 0.480 e. The number of carboxylic acid groups (broad SMARTS) is 1. The minimum absolute atomic E-state index is 0.0429. The van der Waals surface area contributed by atoms with Crippen LogP contribution in [-0.2, 0) is 20.4 Å². The molecule has 3 aliphatic heterocycles. The van der Waals surface area contributed by atoms with E-state index in [4.69, 9.17) is 18.6 Å². The van der Waals surface area contributed by atoms with Crippen molar-refractivity contribution in [3.8, 4) is 17.1 Å². The number of ether oxygens (including phenoxy) is 3. The van der Waals surface area contributed by atoms with E-state index in [1.165, 1.54) is 4.90 Å². The van der Waals surface area contributed by atoms with Gasteiger partial charge in [-0.1, -0.05) is 12.1 Å². The zero-order valence-corrected chi connectivity index (χ0v) is 26.3. The third-order valence-corrected chi connectivity index (χ3v) is 9.42. The number of benzene rings is 1. The molecule has 254 valence electrons. The van der Waals surface area contributed by atoms with E-state index >= 15 is 0 Å². The predicted octanol–water partition coefficient (Wildman–Crippen LogP) is 4.66. The number of carbonyl (C=O) groups is 1. The molecule has 3 atom stereocenters. The van der Waals surface area contributed by atoms with Crippen LogP contribution in [0.4, 0.5) is 24.7 Å². The van der Waals surface area contributed by atoms with Crippen LogP contribution in [0.15, 0.2) is 53.3 Å². The van der Waals surface area contributed by atoms with Crippen molar-refractivity contribution in [2.24, 2.45) is 0 Å². The molecule has 13 nitrogen and oxygen atoms in total. The second kappa shape index (κ2) is 11.5. The van der Waals surface area contributed by atoms with Crippen LogP contribution in [0.25, 0.3) is 33.3 Å². The van der Waals surface area contributed by atoms with E-state index in [2.05, 4.69) is 29.8 Å². The highest BCUT2D eigenvalue weighted by Crippen LogP contribution is 2.42. The second-order valence-corrected chi connectivity index (χ2v) is 12.5. The molecule has 1 aromatic carbocycles. The average Bonchev–Trinajstić information content (AvgIpc) is 3.66. The lowest BCUT2D eigenvalue weighted by Gasteiger charge is -2.53. The Bertz CT molecular complexity index is 2070.